The van der Waals surface area contributed by atoms with Crippen LogP contribution in [-0.2, 0) is 0 Å². The molecule has 4 heterocycles. The van der Waals surface area contributed by atoms with Crippen LogP contribution >= 0.6 is 11.3 Å². The van der Waals surface area contributed by atoms with Crippen molar-refractivity contribution in [3.05, 3.63) is 40.0 Å². The number of nitrogens with one attached hydrogen (secondary N) is 2. The van der Waals surface area contributed by atoms with Crippen molar-refractivity contribution >= 4 is 75.3 Å². The predicted octanol–water partition coefficient (Wildman–Crippen LogP) is -2.27. The molecule has 0 bridgehead atoms. The van der Waals surface area contributed by atoms with Crippen LogP contribution in [0.2, 0.25) is 0 Å². The van der Waals surface area contributed by atoms with Crippen LogP contribution in [0.25, 0.3) is 32.6 Å². The fourth-order valence-electron chi connectivity index (χ4n) is 4.24. The van der Waals surface area contributed by atoms with Crippen LogP contribution in [-0.4, -0.2) is 101 Å². The highest BCUT2D eigenvalue weighted by atomic mass is 32.1. The van der Waals surface area contributed by atoms with Crippen LogP contribution in [0, 0.1) is 0 Å². The van der Waals surface area contributed by atoms with Gasteiger partial charge in [0.25, 0.3) is 11.5 Å². The average Bonchev–Trinajstić information content (AvgIpc) is 3.38. The molecule has 5 rings (SSSR count). The number of hydrogen-bond acceptors (Lipinski definition) is 10. The SMILES string of the molecule is [B]C1([B])N(C)C([B])(O)C(O)(O)N(c2ccc3nc(-c4c(N)c5ccsc5[nH]c4=O)[nH]c3c2)C1([B])O. The third kappa shape index (κ3) is 3.01. The molecule has 0 saturated carbocycles. The third-order valence-electron chi connectivity index (χ3n) is 6.44. The number of hydrogen-bond donors (Lipinski definition) is 7. The number of nitrogens with zero attached hydrogens (tertiary/aromatic N) is 3. The summed E-state index contributed by atoms with van der Waals surface area (Å²) in [6.07, 6.45) is 0. The molecule has 0 spiro atoms. The molecule has 1 aliphatic heterocycles. The first-order valence-electron chi connectivity index (χ1n) is 10.1. The molecule has 1 fully saturated rings. The number of thiophene rings is 1. The fourth-order valence-corrected chi connectivity index (χ4v) is 5.04. The first kappa shape index (κ1) is 24.0. The van der Waals surface area contributed by atoms with Gasteiger partial charge in [0, 0.05) is 11.1 Å². The molecule has 2 atom stereocenters. The highest BCUT2D eigenvalue weighted by molar-refractivity contribution is 7.16. The molecule has 11 nitrogen and oxygen atoms in total. The van der Waals surface area contributed by atoms with Gasteiger partial charge in [-0.25, -0.2) is 4.98 Å². The van der Waals surface area contributed by atoms with E-state index in [0.29, 0.717) is 25.5 Å². The quantitative estimate of drug-likeness (QED) is 0.122. The number of likely N-dealkylation sites (N-methyl/N-ethyl adjacent to an activating group) is 1. The van der Waals surface area contributed by atoms with Gasteiger partial charge >= 0.3 is 0 Å². The lowest BCUT2D eigenvalue weighted by atomic mass is 9.46. The van der Waals surface area contributed by atoms with Crippen molar-refractivity contribution in [1.29, 1.82) is 0 Å². The minimum Gasteiger partial charge on any atom is -0.397 e. The van der Waals surface area contributed by atoms with E-state index in [2.05, 4.69) is 15.0 Å². The number of nitrogen functional groups attached to an aromatic ring is 1. The second-order valence-corrected chi connectivity index (χ2v) is 9.42. The summed E-state index contributed by atoms with van der Waals surface area (Å²) in [5, 5.41) is 43.2. The maximum atomic E-state index is 12.7. The molecule has 35 heavy (non-hydrogen) atoms. The maximum absolute atomic E-state index is 12.7. The van der Waals surface area contributed by atoms with Gasteiger partial charge in [0.15, 0.2) is 0 Å². The Labute approximate surface area is 207 Å². The highest BCUT2D eigenvalue weighted by Gasteiger charge is 2.67. The number of nitrogens with two attached hydrogens (primary N) is 1. The van der Waals surface area contributed by atoms with Gasteiger partial charge < -0.3 is 36.1 Å². The van der Waals surface area contributed by atoms with E-state index in [1.165, 1.54) is 29.5 Å². The van der Waals surface area contributed by atoms with Gasteiger partial charge in [0.1, 0.15) is 37.5 Å². The van der Waals surface area contributed by atoms with Crippen molar-refractivity contribution in [2.24, 2.45) is 0 Å². The van der Waals surface area contributed by atoms with Crippen LogP contribution in [0.1, 0.15) is 0 Å². The molecule has 16 heteroatoms. The molecule has 8 N–H and O–H groups in total. The lowest BCUT2D eigenvalue weighted by Gasteiger charge is -2.68. The molecule has 3 aromatic heterocycles. The first-order valence-corrected chi connectivity index (χ1v) is 11.0. The number of rotatable bonds is 2. The largest absolute Gasteiger partial charge is 0.397 e. The molecule has 170 valence electrons. The lowest BCUT2D eigenvalue weighted by molar-refractivity contribution is -0.327. The summed E-state index contributed by atoms with van der Waals surface area (Å²) in [7, 11) is 24.6. The van der Waals surface area contributed by atoms with Crippen LogP contribution in [0.4, 0.5) is 11.4 Å². The van der Waals surface area contributed by atoms with Crippen LogP contribution in [0.3, 0.4) is 0 Å². The number of imidazole rings is 1. The van der Waals surface area contributed by atoms with Gasteiger partial charge in [-0.2, -0.15) is 0 Å². The van der Waals surface area contributed by atoms with Crippen molar-refractivity contribution in [2.75, 3.05) is 17.7 Å². The smallest absolute Gasteiger partial charge is 0.283 e. The topological polar surface area (TPSA) is 175 Å². The van der Waals surface area contributed by atoms with Crippen molar-refractivity contribution < 1.29 is 20.4 Å². The maximum Gasteiger partial charge on any atom is 0.283 e. The minimum absolute atomic E-state index is 0.113. The Kier molecular flexibility index (Phi) is 4.90. The van der Waals surface area contributed by atoms with Gasteiger partial charge in [-0.1, -0.05) is 0 Å². The lowest BCUT2D eigenvalue weighted by Crippen LogP contribution is -2.91. The zero-order valence-corrected chi connectivity index (χ0v) is 19.0. The number of H-pyrrole nitrogens is 2. The molecule has 8 radical (unpaired) electrons. The van der Waals surface area contributed by atoms with Gasteiger partial charge in [-0.15, -0.1) is 11.3 Å². The monoisotopic (exact) mass is 484 g/mol. The summed E-state index contributed by atoms with van der Waals surface area (Å²) >= 11 is 1.33. The Morgan fingerprint density at radius 3 is 2.43 bits per heavy atom. The van der Waals surface area contributed by atoms with Gasteiger partial charge in [-0.3, -0.25) is 14.6 Å². The Morgan fingerprint density at radius 1 is 1.06 bits per heavy atom. The Balaban J connectivity index is 1.68. The Morgan fingerprint density at radius 2 is 1.74 bits per heavy atom. The van der Waals surface area contributed by atoms with Gasteiger partial charge in [0.05, 0.1) is 38.0 Å². The number of aromatic nitrogens is 3. The van der Waals surface area contributed by atoms with E-state index in [0.717, 1.165) is 7.05 Å². The molecule has 1 aromatic carbocycles. The second kappa shape index (κ2) is 7.15. The summed E-state index contributed by atoms with van der Waals surface area (Å²) < 4.78 is 0. The number of pyridine rings is 1. The number of aliphatic hydroxyl groups is 4. The summed E-state index contributed by atoms with van der Waals surface area (Å²) in [5.41, 5.74) is 0.770. The summed E-state index contributed by atoms with van der Waals surface area (Å²) in [5.74, 6) is -3.23. The molecular weight excluding hydrogens is 468 g/mol. The third-order valence-corrected chi connectivity index (χ3v) is 7.27. The standard InChI is InChI=1S/C19H16B4N6O5S/c1-28-16(20,21)17(22,31)29(19(33,34)18(28,23)32)7-2-3-9-10(6-7)26-13(25-9)11-12(24)8-4-5-35-15(8)27-14(11)30/h2-6,31-34H,1H3,(H,25,26)(H3,24,27,30). The number of fused-ring (bicyclic) bond motifs is 2. The van der Waals surface area contributed by atoms with Crippen LogP contribution < -0.4 is 16.2 Å². The number of aromatic amines is 2. The van der Waals surface area contributed by atoms with E-state index in [9.17, 15) is 25.2 Å². The fraction of sp³-hybridized carbons (Fsp3) is 0.263. The molecule has 1 saturated heterocycles. The van der Waals surface area contributed by atoms with E-state index >= 15 is 0 Å². The number of benzene rings is 1. The van der Waals surface area contributed by atoms with E-state index in [4.69, 9.17) is 37.1 Å². The molecule has 0 amide bonds. The highest BCUT2D eigenvalue weighted by Crippen LogP contribution is 2.45. The normalized spacial score (nSPS) is 26.5. The van der Waals surface area contributed by atoms with Crippen molar-refractivity contribution in [2.45, 2.75) is 22.5 Å². The first-order chi connectivity index (χ1) is 16.1. The molecule has 2 unspecified atom stereocenters. The molecule has 1 aliphatic rings. The summed E-state index contributed by atoms with van der Waals surface area (Å²) in [4.78, 5) is 24.3. The molecule has 0 aliphatic carbocycles. The molecule has 4 aromatic rings. The van der Waals surface area contributed by atoms with Crippen LogP contribution in [0.5, 0.6) is 0 Å². The van der Waals surface area contributed by atoms with E-state index in [1.807, 2.05) is 0 Å². The summed E-state index contributed by atoms with van der Waals surface area (Å²) in [6, 6.07) is 5.83. The van der Waals surface area contributed by atoms with Crippen molar-refractivity contribution in [1.82, 2.24) is 19.9 Å². The Bertz CT molecular complexity index is 1520. The zero-order valence-electron chi connectivity index (χ0n) is 18.2. The zero-order chi connectivity index (χ0) is 25.7. The van der Waals surface area contributed by atoms with Gasteiger partial charge in [0.2, 0.25) is 0 Å². The van der Waals surface area contributed by atoms with Crippen LogP contribution in [0.15, 0.2) is 34.4 Å². The summed E-state index contributed by atoms with van der Waals surface area (Å²) in [6.45, 7) is 0. The van der Waals surface area contributed by atoms with E-state index in [1.54, 1.807) is 11.4 Å². The van der Waals surface area contributed by atoms with E-state index < -0.39 is 28.1 Å². The Hall–Kier alpha value is -2.74. The number of anilines is 2. The molecular formula is C19H16B4N6O5S. The van der Waals surface area contributed by atoms with Gasteiger partial charge in [-0.05, 0) is 42.0 Å². The van der Waals surface area contributed by atoms with E-state index in [-0.39, 0.29) is 28.3 Å². The second-order valence-electron chi connectivity index (χ2n) is 8.50. The average molecular weight is 484 g/mol. The predicted molar refractivity (Wildman–Crippen MR) is 135 cm³/mol. The minimum atomic E-state index is -3.38. The van der Waals surface area contributed by atoms with Crippen molar-refractivity contribution in [3.8, 4) is 11.4 Å². The van der Waals surface area contributed by atoms with Crippen molar-refractivity contribution in [3.63, 3.8) is 0 Å². The number of piperazine rings is 1.